The largest absolute Gasteiger partial charge is 0.398 e. The van der Waals surface area contributed by atoms with Crippen LogP contribution in [0.1, 0.15) is 5.56 Å². The van der Waals surface area contributed by atoms with Crippen molar-refractivity contribution in [1.29, 1.82) is 0 Å². The molecule has 0 saturated carbocycles. The molecule has 0 heterocycles. The van der Waals surface area contributed by atoms with Crippen LogP contribution in [0.5, 0.6) is 0 Å². The van der Waals surface area contributed by atoms with Gasteiger partial charge in [-0.05, 0) is 36.8 Å². The van der Waals surface area contributed by atoms with Crippen LogP contribution in [0, 0.1) is 6.92 Å². The minimum Gasteiger partial charge on any atom is -0.398 e. The zero-order valence-corrected chi connectivity index (χ0v) is 12.3. The lowest BCUT2D eigenvalue weighted by atomic mass is 10.2. The molecule has 5 nitrogen and oxygen atoms in total. The van der Waals surface area contributed by atoms with Gasteiger partial charge in [0, 0.05) is 5.69 Å². The van der Waals surface area contributed by atoms with Crippen LogP contribution in [0.15, 0.2) is 41.3 Å². The van der Waals surface area contributed by atoms with Gasteiger partial charge in [-0.1, -0.05) is 23.7 Å². The van der Waals surface area contributed by atoms with Crippen molar-refractivity contribution in [3.63, 3.8) is 0 Å². The first-order valence-corrected chi connectivity index (χ1v) is 7.66. The van der Waals surface area contributed by atoms with E-state index in [2.05, 4.69) is 5.32 Å². The first kappa shape index (κ1) is 14.6. The summed E-state index contributed by atoms with van der Waals surface area (Å²) in [6.45, 7) is 1.91. The van der Waals surface area contributed by atoms with Crippen LogP contribution in [0.3, 0.4) is 0 Å². The van der Waals surface area contributed by atoms with Crippen molar-refractivity contribution in [3.05, 3.63) is 47.0 Å². The van der Waals surface area contributed by atoms with Gasteiger partial charge in [-0.3, -0.25) is 0 Å². The molecule has 0 atom stereocenters. The summed E-state index contributed by atoms with van der Waals surface area (Å²) in [4.78, 5) is -0.0982. The molecule has 5 N–H and O–H groups in total. The van der Waals surface area contributed by atoms with Gasteiger partial charge in [0.25, 0.3) is 0 Å². The number of hydrogen-bond donors (Lipinski definition) is 3. The number of benzene rings is 2. The Morgan fingerprint density at radius 1 is 1.20 bits per heavy atom. The number of sulfonamides is 1. The van der Waals surface area contributed by atoms with Gasteiger partial charge in [0.05, 0.1) is 16.4 Å². The molecule has 0 saturated heterocycles. The molecule has 0 aliphatic rings. The summed E-state index contributed by atoms with van der Waals surface area (Å²) in [5.74, 6) is 0. The summed E-state index contributed by atoms with van der Waals surface area (Å²) in [7, 11) is -3.82. The Hall–Kier alpha value is -1.76. The molecule has 2 rings (SSSR count). The van der Waals surface area contributed by atoms with Gasteiger partial charge in [0.2, 0.25) is 10.0 Å². The van der Waals surface area contributed by atoms with Crippen molar-refractivity contribution in [1.82, 2.24) is 0 Å². The number of nitrogens with two attached hydrogens (primary N) is 2. The summed E-state index contributed by atoms with van der Waals surface area (Å²) >= 11 is 6.11. The van der Waals surface area contributed by atoms with E-state index in [1.165, 1.54) is 12.1 Å². The van der Waals surface area contributed by atoms with Crippen LogP contribution >= 0.6 is 11.6 Å². The van der Waals surface area contributed by atoms with Gasteiger partial charge in [-0.2, -0.15) is 0 Å². The first-order chi connectivity index (χ1) is 9.29. The third-order valence-corrected chi connectivity index (χ3v) is 4.11. The first-order valence-electron chi connectivity index (χ1n) is 5.73. The SMILES string of the molecule is Cc1cccc(Cl)c1Nc1ccc(S(N)(=O)=O)c(N)c1. The summed E-state index contributed by atoms with van der Waals surface area (Å²) in [6, 6.07) is 9.97. The summed E-state index contributed by atoms with van der Waals surface area (Å²) in [5, 5.41) is 8.74. The number of nitrogen functional groups attached to an aromatic ring is 1. The van der Waals surface area contributed by atoms with E-state index in [0.29, 0.717) is 10.7 Å². The van der Waals surface area contributed by atoms with Crippen LogP contribution in [0.25, 0.3) is 0 Å². The number of hydrogen-bond acceptors (Lipinski definition) is 4. The number of halogens is 1. The van der Waals surface area contributed by atoms with E-state index in [9.17, 15) is 8.42 Å². The highest BCUT2D eigenvalue weighted by Crippen LogP contribution is 2.30. The fourth-order valence-electron chi connectivity index (χ4n) is 1.82. The highest BCUT2D eigenvalue weighted by Gasteiger charge is 2.13. The van der Waals surface area contributed by atoms with E-state index in [0.717, 1.165) is 11.3 Å². The normalized spacial score (nSPS) is 11.3. The average molecular weight is 312 g/mol. The molecule has 0 amide bonds. The average Bonchev–Trinajstić information content (AvgIpc) is 2.32. The molecule has 106 valence electrons. The van der Waals surface area contributed by atoms with Gasteiger partial charge < -0.3 is 11.1 Å². The van der Waals surface area contributed by atoms with Gasteiger partial charge in [0.15, 0.2) is 0 Å². The lowest BCUT2D eigenvalue weighted by molar-refractivity contribution is 0.598. The Morgan fingerprint density at radius 3 is 2.45 bits per heavy atom. The van der Waals surface area contributed by atoms with E-state index in [-0.39, 0.29) is 10.6 Å². The highest BCUT2D eigenvalue weighted by molar-refractivity contribution is 7.89. The van der Waals surface area contributed by atoms with Crippen molar-refractivity contribution >= 4 is 38.7 Å². The fourth-order valence-corrected chi connectivity index (χ4v) is 2.73. The maximum Gasteiger partial charge on any atom is 0.240 e. The topological polar surface area (TPSA) is 98.2 Å². The molecule has 20 heavy (non-hydrogen) atoms. The number of para-hydroxylation sites is 1. The van der Waals surface area contributed by atoms with Gasteiger partial charge in [-0.25, -0.2) is 13.6 Å². The van der Waals surface area contributed by atoms with Crippen LogP contribution in [-0.4, -0.2) is 8.42 Å². The van der Waals surface area contributed by atoms with E-state index >= 15 is 0 Å². The Morgan fingerprint density at radius 2 is 1.90 bits per heavy atom. The quantitative estimate of drug-likeness (QED) is 0.759. The molecule has 0 aromatic heterocycles. The van der Waals surface area contributed by atoms with Crippen LogP contribution in [0.4, 0.5) is 17.1 Å². The Kier molecular flexibility index (Phi) is 3.89. The smallest absolute Gasteiger partial charge is 0.240 e. The fraction of sp³-hybridized carbons (Fsp3) is 0.0769. The molecule has 0 bridgehead atoms. The van der Waals surface area contributed by atoms with E-state index in [4.69, 9.17) is 22.5 Å². The van der Waals surface area contributed by atoms with E-state index < -0.39 is 10.0 Å². The second-order valence-corrected chi connectivity index (χ2v) is 6.29. The monoisotopic (exact) mass is 311 g/mol. The van der Waals surface area contributed by atoms with Crippen LogP contribution in [0.2, 0.25) is 5.02 Å². The van der Waals surface area contributed by atoms with Crippen molar-refractivity contribution < 1.29 is 8.42 Å². The number of aryl methyl sites for hydroxylation is 1. The van der Waals surface area contributed by atoms with Crippen LogP contribution in [-0.2, 0) is 10.0 Å². The van der Waals surface area contributed by atoms with Crippen LogP contribution < -0.4 is 16.2 Å². The number of anilines is 3. The molecule has 0 aliphatic heterocycles. The second-order valence-electron chi connectivity index (χ2n) is 4.35. The molecular formula is C13H14ClN3O2S. The molecule has 2 aromatic rings. The highest BCUT2D eigenvalue weighted by atomic mass is 35.5. The molecule has 0 unspecified atom stereocenters. The molecular weight excluding hydrogens is 298 g/mol. The number of nitrogens with one attached hydrogen (secondary N) is 1. The third kappa shape index (κ3) is 3.04. The Labute approximate surface area is 122 Å². The van der Waals surface area contributed by atoms with Gasteiger partial charge in [0.1, 0.15) is 4.90 Å². The standard InChI is InChI=1S/C13H14ClN3O2S/c1-8-3-2-4-10(14)13(8)17-9-5-6-12(11(15)7-9)20(16,18)19/h2-7,17H,15H2,1H3,(H2,16,18,19). The van der Waals surface area contributed by atoms with Crippen molar-refractivity contribution in [2.24, 2.45) is 5.14 Å². The Balaban J connectivity index is 2.39. The third-order valence-electron chi connectivity index (χ3n) is 2.81. The number of rotatable bonds is 3. The predicted molar refractivity (Wildman–Crippen MR) is 81.7 cm³/mol. The predicted octanol–water partition coefficient (Wildman–Crippen LogP) is 2.62. The molecule has 7 heteroatoms. The zero-order chi connectivity index (χ0) is 14.9. The molecule has 0 radical (unpaired) electrons. The minimum absolute atomic E-state index is 0.0854. The number of primary sulfonamides is 1. The summed E-state index contributed by atoms with van der Waals surface area (Å²) in [6.07, 6.45) is 0. The molecule has 2 aromatic carbocycles. The van der Waals surface area contributed by atoms with Crippen molar-refractivity contribution in [2.45, 2.75) is 11.8 Å². The summed E-state index contributed by atoms with van der Waals surface area (Å²) < 4.78 is 22.6. The molecule has 0 fully saturated rings. The molecule has 0 aliphatic carbocycles. The van der Waals surface area contributed by atoms with Crippen molar-refractivity contribution in [2.75, 3.05) is 11.1 Å². The maximum atomic E-state index is 11.3. The lowest BCUT2D eigenvalue weighted by Crippen LogP contribution is -2.14. The molecule has 0 spiro atoms. The lowest BCUT2D eigenvalue weighted by Gasteiger charge is -2.13. The van der Waals surface area contributed by atoms with Gasteiger partial charge >= 0.3 is 0 Å². The second kappa shape index (κ2) is 5.32. The van der Waals surface area contributed by atoms with E-state index in [1.807, 2.05) is 19.1 Å². The zero-order valence-electron chi connectivity index (χ0n) is 10.7. The Bertz CT molecular complexity index is 740. The van der Waals surface area contributed by atoms with E-state index in [1.54, 1.807) is 12.1 Å². The maximum absolute atomic E-state index is 11.3. The van der Waals surface area contributed by atoms with Crippen molar-refractivity contribution in [3.8, 4) is 0 Å². The minimum atomic E-state index is -3.82. The van der Waals surface area contributed by atoms with Gasteiger partial charge in [-0.15, -0.1) is 0 Å². The summed E-state index contributed by atoms with van der Waals surface area (Å²) in [5.41, 5.74) is 8.13.